The second-order valence-corrected chi connectivity index (χ2v) is 11.3. The van der Waals surface area contributed by atoms with Crippen molar-refractivity contribution in [1.82, 2.24) is 14.4 Å². The van der Waals surface area contributed by atoms with Gasteiger partial charge in [0.25, 0.3) is 0 Å². The summed E-state index contributed by atoms with van der Waals surface area (Å²) in [5, 5.41) is 10.9. The molecule has 0 spiro atoms. The number of rotatable bonds is 5. The SMILES string of the molecule is CCOC(=O)N1CCN(C(=O)CN2CCn3c(c(C4CCCCC4)c4ccc(C(=O)O)cc43)-c3ccccc32)CC1. The summed E-state index contributed by atoms with van der Waals surface area (Å²) in [6.45, 7) is 5.57. The molecule has 2 aliphatic heterocycles. The predicted molar refractivity (Wildman–Crippen MR) is 158 cm³/mol. The lowest BCUT2D eigenvalue weighted by Crippen LogP contribution is -2.53. The van der Waals surface area contributed by atoms with Gasteiger partial charge in [-0.1, -0.05) is 43.5 Å². The molecule has 1 N–H and O–H groups in total. The highest BCUT2D eigenvalue weighted by Gasteiger charge is 2.32. The molecule has 1 aromatic heterocycles. The van der Waals surface area contributed by atoms with Crippen LogP contribution in [0.4, 0.5) is 10.5 Å². The number of nitrogens with zero attached hydrogens (tertiary/aromatic N) is 4. The highest BCUT2D eigenvalue weighted by Crippen LogP contribution is 2.47. The van der Waals surface area contributed by atoms with Gasteiger partial charge in [-0.2, -0.15) is 0 Å². The summed E-state index contributed by atoms with van der Waals surface area (Å²) in [6.07, 6.45) is 5.61. The topological polar surface area (TPSA) is 95.3 Å². The first kappa shape index (κ1) is 27.2. The molecule has 0 bridgehead atoms. The van der Waals surface area contributed by atoms with Crippen molar-refractivity contribution in [3.05, 3.63) is 53.6 Å². The van der Waals surface area contributed by atoms with Crippen molar-refractivity contribution in [1.29, 1.82) is 0 Å². The van der Waals surface area contributed by atoms with Gasteiger partial charge in [-0.25, -0.2) is 9.59 Å². The van der Waals surface area contributed by atoms with Crippen LogP contribution in [0.2, 0.25) is 0 Å². The Morgan fingerprint density at radius 3 is 2.37 bits per heavy atom. The molecule has 0 radical (unpaired) electrons. The van der Waals surface area contributed by atoms with Gasteiger partial charge in [0.05, 0.1) is 24.4 Å². The Kier molecular flexibility index (Phi) is 7.60. The van der Waals surface area contributed by atoms with E-state index in [1.54, 1.807) is 17.9 Å². The molecule has 9 nitrogen and oxygen atoms in total. The Morgan fingerprint density at radius 1 is 0.902 bits per heavy atom. The zero-order valence-corrected chi connectivity index (χ0v) is 23.7. The van der Waals surface area contributed by atoms with E-state index in [4.69, 9.17) is 4.74 Å². The first-order valence-electron chi connectivity index (χ1n) is 14.9. The lowest BCUT2D eigenvalue weighted by atomic mass is 9.81. The van der Waals surface area contributed by atoms with Crippen molar-refractivity contribution in [3.8, 4) is 11.3 Å². The smallest absolute Gasteiger partial charge is 0.409 e. The molecule has 6 rings (SSSR count). The van der Waals surface area contributed by atoms with Crippen LogP contribution in [-0.4, -0.2) is 83.3 Å². The van der Waals surface area contributed by atoms with Crippen LogP contribution in [-0.2, 0) is 16.1 Å². The number of benzene rings is 2. The monoisotopic (exact) mass is 558 g/mol. The quantitative estimate of drug-likeness (QED) is 0.464. The van der Waals surface area contributed by atoms with Gasteiger partial charge >= 0.3 is 12.1 Å². The fourth-order valence-corrected chi connectivity index (χ4v) is 6.91. The summed E-state index contributed by atoms with van der Waals surface area (Å²) in [5.41, 5.74) is 5.87. The first-order valence-corrected chi connectivity index (χ1v) is 14.9. The molecule has 1 saturated carbocycles. The number of hydrogen-bond acceptors (Lipinski definition) is 5. The number of fused-ring (bicyclic) bond motifs is 5. The zero-order chi connectivity index (χ0) is 28.5. The van der Waals surface area contributed by atoms with Crippen molar-refractivity contribution >= 4 is 34.6 Å². The molecule has 0 atom stereocenters. The Morgan fingerprint density at radius 2 is 1.63 bits per heavy atom. The van der Waals surface area contributed by atoms with E-state index in [1.807, 2.05) is 29.2 Å². The molecule has 2 amide bonds. The van der Waals surface area contributed by atoms with E-state index in [9.17, 15) is 19.5 Å². The summed E-state index contributed by atoms with van der Waals surface area (Å²) >= 11 is 0. The molecule has 3 heterocycles. The highest BCUT2D eigenvalue weighted by atomic mass is 16.6. The van der Waals surface area contributed by atoms with Gasteiger partial charge in [0.15, 0.2) is 0 Å². The van der Waals surface area contributed by atoms with Gasteiger partial charge in [-0.05, 0) is 49.4 Å². The molecule has 3 aromatic rings. The van der Waals surface area contributed by atoms with Crippen molar-refractivity contribution in [2.75, 3.05) is 50.8 Å². The fourth-order valence-electron chi connectivity index (χ4n) is 6.91. The van der Waals surface area contributed by atoms with E-state index in [0.29, 0.717) is 57.4 Å². The van der Waals surface area contributed by atoms with E-state index in [1.165, 1.54) is 30.5 Å². The van der Waals surface area contributed by atoms with Gasteiger partial charge in [0, 0.05) is 61.4 Å². The van der Waals surface area contributed by atoms with E-state index >= 15 is 0 Å². The standard InChI is InChI=1S/C32H38N4O5/c1-2-41-32(40)34-16-14-33(15-17-34)28(37)21-35-18-19-36-27-20-23(31(38)39)12-13-24(27)29(22-8-4-3-5-9-22)30(36)25-10-6-7-11-26(25)35/h6-7,10-13,20,22H,2-5,8-9,14-19,21H2,1H3,(H,38,39). The van der Waals surface area contributed by atoms with Crippen LogP contribution >= 0.6 is 0 Å². The third kappa shape index (κ3) is 5.13. The molecule has 3 aliphatic rings. The van der Waals surface area contributed by atoms with Crippen molar-refractivity contribution in [2.45, 2.75) is 51.5 Å². The Balaban J connectivity index is 1.33. The van der Waals surface area contributed by atoms with Crippen LogP contribution in [0.25, 0.3) is 22.2 Å². The molecule has 9 heteroatoms. The lowest BCUT2D eigenvalue weighted by molar-refractivity contribution is -0.131. The Bertz CT molecular complexity index is 1470. The number of carbonyl (C=O) groups is 3. The van der Waals surface area contributed by atoms with Gasteiger partial charge in [-0.15, -0.1) is 0 Å². The molecular formula is C32H38N4O5. The average molecular weight is 559 g/mol. The zero-order valence-electron chi connectivity index (χ0n) is 23.7. The second-order valence-electron chi connectivity index (χ2n) is 11.3. The molecule has 2 fully saturated rings. The van der Waals surface area contributed by atoms with Crippen LogP contribution in [0.3, 0.4) is 0 Å². The summed E-state index contributed by atoms with van der Waals surface area (Å²) in [7, 11) is 0. The summed E-state index contributed by atoms with van der Waals surface area (Å²) in [4.78, 5) is 43.2. The molecular weight excluding hydrogens is 520 g/mol. The number of carboxylic acids is 1. The number of carbonyl (C=O) groups excluding carboxylic acids is 2. The number of piperazine rings is 1. The molecule has 1 saturated heterocycles. The van der Waals surface area contributed by atoms with Gasteiger partial charge in [0.2, 0.25) is 5.91 Å². The second kappa shape index (κ2) is 11.5. The van der Waals surface area contributed by atoms with Gasteiger partial charge in [0.1, 0.15) is 0 Å². The Hall–Kier alpha value is -4.01. The highest BCUT2D eigenvalue weighted by molar-refractivity contribution is 6.00. The van der Waals surface area contributed by atoms with Crippen LogP contribution in [0.5, 0.6) is 0 Å². The van der Waals surface area contributed by atoms with Crippen molar-refractivity contribution in [2.24, 2.45) is 0 Å². The van der Waals surface area contributed by atoms with Crippen LogP contribution in [0, 0.1) is 0 Å². The van der Waals surface area contributed by atoms with E-state index in [-0.39, 0.29) is 18.5 Å². The maximum atomic E-state index is 13.5. The normalized spacial score (nSPS) is 17.6. The minimum atomic E-state index is -0.925. The summed E-state index contributed by atoms with van der Waals surface area (Å²) in [5.74, 6) is -0.457. The maximum absolute atomic E-state index is 13.5. The van der Waals surface area contributed by atoms with E-state index in [2.05, 4.69) is 21.6 Å². The predicted octanol–water partition coefficient (Wildman–Crippen LogP) is 5.17. The number of para-hydroxylation sites is 1. The number of carboxylic acid groups (broad SMARTS) is 1. The number of amides is 2. The minimum Gasteiger partial charge on any atom is -0.478 e. The average Bonchev–Trinajstić information content (AvgIpc) is 3.24. The Labute approximate surface area is 240 Å². The number of aromatic carboxylic acids is 1. The molecule has 41 heavy (non-hydrogen) atoms. The van der Waals surface area contributed by atoms with Crippen molar-refractivity contribution < 1.29 is 24.2 Å². The van der Waals surface area contributed by atoms with Gasteiger partial charge < -0.3 is 29.1 Å². The van der Waals surface area contributed by atoms with Crippen LogP contribution < -0.4 is 4.90 Å². The number of aromatic nitrogens is 1. The van der Waals surface area contributed by atoms with Crippen LogP contribution in [0.1, 0.15) is 60.9 Å². The van der Waals surface area contributed by atoms with Crippen molar-refractivity contribution in [3.63, 3.8) is 0 Å². The van der Waals surface area contributed by atoms with Gasteiger partial charge in [-0.3, -0.25) is 4.79 Å². The van der Waals surface area contributed by atoms with E-state index in [0.717, 1.165) is 35.0 Å². The molecule has 2 aromatic carbocycles. The molecule has 1 aliphatic carbocycles. The lowest BCUT2D eigenvalue weighted by Gasteiger charge is -2.35. The summed E-state index contributed by atoms with van der Waals surface area (Å²) < 4.78 is 7.42. The largest absolute Gasteiger partial charge is 0.478 e. The number of anilines is 1. The third-order valence-corrected chi connectivity index (χ3v) is 8.94. The fraction of sp³-hybridized carbons (Fsp3) is 0.469. The first-order chi connectivity index (χ1) is 20.0. The summed E-state index contributed by atoms with van der Waals surface area (Å²) in [6, 6.07) is 13.9. The number of ether oxygens (including phenoxy) is 1. The van der Waals surface area contributed by atoms with Crippen LogP contribution in [0.15, 0.2) is 42.5 Å². The molecule has 0 unspecified atom stereocenters. The van der Waals surface area contributed by atoms with E-state index < -0.39 is 5.97 Å². The number of hydrogen-bond donors (Lipinski definition) is 1. The third-order valence-electron chi connectivity index (χ3n) is 8.94. The minimum absolute atomic E-state index is 0.0421. The molecule has 216 valence electrons. The maximum Gasteiger partial charge on any atom is 0.409 e.